The van der Waals surface area contributed by atoms with Crippen molar-refractivity contribution in [2.24, 2.45) is 5.92 Å². The van der Waals surface area contributed by atoms with E-state index in [0.717, 1.165) is 38.5 Å². The highest BCUT2D eigenvalue weighted by molar-refractivity contribution is 6.18. The van der Waals surface area contributed by atoms with E-state index >= 15 is 0 Å². The van der Waals surface area contributed by atoms with Crippen LogP contribution in [-0.4, -0.2) is 42.0 Å². The Kier molecular flexibility index (Phi) is 15.8. The molecule has 6 heteroatoms. The molecule has 1 N–H and O–H groups in total. The maximum Gasteiger partial charge on any atom is 0.341 e. The van der Waals surface area contributed by atoms with Gasteiger partial charge in [-0.3, -0.25) is 9.59 Å². The van der Waals surface area contributed by atoms with E-state index in [-0.39, 0.29) is 22.9 Å². The third kappa shape index (κ3) is 11.7. The van der Waals surface area contributed by atoms with Crippen molar-refractivity contribution in [1.29, 1.82) is 0 Å². The van der Waals surface area contributed by atoms with Gasteiger partial charge in [0, 0.05) is 17.7 Å². The molecule has 0 aliphatic heterocycles. The van der Waals surface area contributed by atoms with Gasteiger partial charge in [0.1, 0.15) is 11.3 Å². The van der Waals surface area contributed by atoms with E-state index in [1.807, 2.05) is 12.1 Å². The third-order valence-electron chi connectivity index (χ3n) is 6.78. The highest BCUT2D eigenvalue weighted by Crippen LogP contribution is 2.19. The molecule has 0 spiro atoms. The molecule has 6 nitrogen and oxygen atoms in total. The number of unbranched alkanes of at least 4 members (excludes halogenated alkanes) is 2. The molecule has 0 heterocycles. The number of carbonyl (C=O) groups excluding carboxylic acids is 3. The Labute approximate surface area is 244 Å². The van der Waals surface area contributed by atoms with Gasteiger partial charge in [-0.2, -0.15) is 0 Å². The molecule has 220 valence electrons. The van der Waals surface area contributed by atoms with Crippen molar-refractivity contribution < 1.29 is 29.0 Å². The fourth-order valence-electron chi connectivity index (χ4n) is 4.33. The minimum atomic E-state index is -1.07. The number of aromatic hydroxyl groups is 1. The van der Waals surface area contributed by atoms with Gasteiger partial charge in [0.05, 0.1) is 6.61 Å². The molecule has 0 bridgehead atoms. The van der Waals surface area contributed by atoms with Crippen molar-refractivity contribution in [3.05, 3.63) is 102 Å². The predicted octanol–water partition coefficient (Wildman–Crippen LogP) is 8.09. The van der Waals surface area contributed by atoms with Crippen LogP contribution in [0.1, 0.15) is 96.8 Å². The Balaban J connectivity index is 0.000000296. The highest BCUT2D eigenvalue weighted by Gasteiger charge is 2.29. The van der Waals surface area contributed by atoms with Crippen LogP contribution in [0.25, 0.3) is 0 Å². The number of phenols is 1. The van der Waals surface area contributed by atoms with Gasteiger partial charge in [0.2, 0.25) is 0 Å². The fourth-order valence-corrected chi connectivity index (χ4v) is 4.33. The molecule has 0 saturated heterocycles. The first kappa shape index (κ1) is 33.4. The molecular formula is C35H44O6. The molecule has 3 aromatic carbocycles. The van der Waals surface area contributed by atoms with E-state index < -0.39 is 12.1 Å². The summed E-state index contributed by atoms with van der Waals surface area (Å²) in [5.74, 6) is -0.415. The van der Waals surface area contributed by atoms with Crippen molar-refractivity contribution in [2.45, 2.75) is 71.8 Å². The number of ketones is 2. The van der Waals surface area contributed by atoms with Gasteiger partial charge in [-0.25, -0.2) is 4.79 Å². The number of rotatable bonds is 16. The molecular weight excluding hydrogens is 516 g/mol. The lowest BCUT2D eigenvalue weighted by atomic mass is 9.98. The second kappa shape index (κ2) is 19.3. The van der Waals surface area contributed by atoms with E-state index in [9.17, 15) is 19.5 Å². The zero-order valence-electron chi connectivity index (χ0n) is 24.6. The number of ether oxygens (including phenoxy) is 2. The monoisotopic (exact) mass is 560 g/mol. The second-order valence-electron chi connectivity index (χ2n) is 9.92. The Morgan fingerprint density at radius 3 is 1.76 bits per heavy atom. The maximum atomic E-state index is 12.7. The lowest BCUT2D eigenvalue weighted by molar-refractivity contribution is 0.0358. The molecule has 0 fully saturated rings. The zero-order chi connectivity index (χ0) is 29.9. The van der Waals surface area contributed by atoms with Crippen LogP contribution in [0.15, 0.2) is 84.9 Å². The van der Waals surface area contributed by atoms with E-state index in [1.165, 1.54) is 12.5 Å². The van der Waals surface area contributed by atoms with Gasteiger partial charge < -0.3 is 14.6 Å². The topological polar surface area (TPSA) is 89.9 Å². The lowest BCUT2D eigenvalue weighted by Crippen LogP contribution is -2.33. The van der Waals surface area contributed by atoms with Crippen LogP contribution >= 0.6 is 0 Å². The molecule has 0 saturated carbocycles. The molecule has 0 aliphatic carbocycles. The number of esters is 1. The molecule has 41 heavy (non-hydrogen) atoms. The number of hydrogen-bond donors (Lipinski definition) is 1. The van der Waals surface area contributed by atoms with Gasteiger partial charge in [-0.1, -0.05) is 126 Å². The van der Waals surface area contributed by atoms with Crippen LogP contribution in [-0.2, 0) is 9.47 Å². The summed E-state index contributed by atoms with van der Waals surface area (Å²) in [6, 6.07) is 24.1. The minimum absolute atomic E-state index is 0.0249. The first-order valence-corrected chi connectivity index (χ1v) is 14.7. The van der Waals surface area contributed by atoms with Crippen LogP contribution in [0.3, 0.4) is 0 Å². The number of phenolic OH excluding ortho intramolecular Hbond substituents is 1. The largest absolute Gasteiger partial charge is 0.507 e. The van der Waals surface area contributed by atoms with Gasteiger partial charge in [0.25, 0.3) is 0 Å². The Morgan fingerprint density at radius 2 is 1.24 bits per heavy atom. The molecule has 0 amide bonds. The van der Waals surface area contributed by atoms with Gasteiger partial charge in [0.15, 0.2) is 17.7 Å². The maximum absolute atomic E-state index is 12.7. The molecule has 3 rings (SSSR count). The summed E-state index contributed by atoms with van der Waals surface area (Å²) >= 11 is 0. The second-order valence-corrected chi connectivity index (χ2v) is 9.92. The number of carbonyl (C=O) groups is 3. The van der Waals surface area contributed by atoms with Crippen molar-refractivity contribution in [2.75, 3.05) is 13.2 Å². The molecule has 1 atom stereocenters. The van der Waals surface area contributed by atoms with Gasteiger partial charge >= 0.3 is 5.97 Å². The average Bonchev–Trinajstić information content (AvgIpc) is 3.01. The Morgan fingerprint density at radius 1 is 0.683 bits per heavy atom. The molecule has 0 aromatic heterocycles. The summed E-state index contributed by atoms with van der Waals surface area (Å²) in [6.07, 6.45) is 6.19. The first-order chi connectivity index (χ1) is 19.9. The predicted molar refractivity (Wildman–Crippen MR) is 163 cm³/mol. The average molecular weight is 561 g/mol. The SMILES string of the molecule is CCCC(CC)CCOC(=O)c1ccccc1O.CCCCCOC(C(=O)c1ccccc1)C(=O)c1ccccc1. The smallest absolute Gasteiger partial charge is 0.341 e. The van der Waals surface area contributed by atoms with Crippen LogP contribution in [0.4, 0.5) is 0 Å². The van der Waals surface area contributed by atoms with Crippen LogP contribution in [0, 0.1) is 5.92 Å². The van der Waals surface area contributed by atoms with Crippen molar-refractivity contribution >= 4 is 17.5 Å². The van der Waals surface area contributed by atoms with Gasteiger partial charge in [-0.05, 0) is 30.9 Å². The minimum Gasteiger partial charge on any atom is -0.507 e. The number of benzene rings is 3. The fraction of sp³-hybridized carbons (Fsp3) is 0.400. The Bertz CT molecular complexity index is 1120. The first-order valence-electron chi connectivity index (χ1n) is 14.7. The molecule has 1 unspecified atom stereocenters. The van der Waals surface area contributed by atoms with Crippen LogP contribution in [0.2, 0.25) is 0 Å². The van der Waals surface area contributed by atoms with E-state index in [0.29, 0.717) is 30.3 Å². The molecule has 3 aromatic rings. The summed E-state index contributed by atoms with van der Waals surface area (Å²) in [6.45, 7) is 7.25. The number of para-hydroxylation sites is 1. The summed E-state index contributed by atoms with van der Waals surface area (Å²) in [5.41, 5.74) is 1.23. The third-order valence-corrected chi connectivity index (χ3v) is 6.78. The number of Topliss-reactive ketones (excluding diaryl/α,β-unsaturated/α-hetero) is 2. The van der Waals surface area contributed by atoms with Crippen molar-refractivity contribution in [3.63, 3.8) is 0 Å². The molecule has 0 radical (unpaired) electrons. The quantitative estimate of drug-likeness (QED) is 0.0824. The summed E-state index contributed by atoms with van der Waals surface area (Å²) in [5, 5.41) is 9.52. The lowest BCUT2D eigenvalue weighted by Gasteiger charge is -2.16. The van der Waals surface area contributed by atoms with Gasteiger partial charge in [-0.15, -0.1) is 0 Å². The summed E-state index contributed by atoms with van der Waals surface area (Å²) < 4.78 is 10.9. The summed E-state index contributed by atoms with van der Waals surface area (Å²) in [7, 11) is 0. The van der Waals surface area contributed by atoms with Crippen LogP contribution in [0.5, 0.6) is 5.75 Å². The highest BCUT2D eigenvalue weighted by atomic mass is 16.5. The normalized spacial score (nSPS) is 11.3. The van der Waals surface area contributed by atoms with E-state index in [4.69, 9.17) is 9.47 Å². The van der Waals surface area contributed by atoms with E-state index in [2.05, 4.69) is 20.8 Å². The number of hydrogen-bond acceptors (Lipinski definition) is 6. The zero-order valence-corrected chi connectivity index (χ0v) is 24.6. The van der Waals surface area contributed by atoms with E-state index in [1.54, 1.807) is 66.7 Å². The standard InChI is InChI=1S/C20H22O3.C15H22O3/c1-2-3-10-15-23-20(18(21)16-11-6-4-7-12-16)19(22)17-13-8-5-9-14-17;1-3-7-12(4-2)10-11-18-15(17)13-8-5-6-9-14(13)16/h4-9,11-14,20H,2-3,10,15H2,1H3;5-6,8-9,12,16H,3-4,7,10-11H2,1-2H3. The Hall–Kier alpha value is -3.77. The van der Waals surface area contributed by atoms with Crippen molar-refractivity contribution in [1.82, 2.24) is 0 Å². The van der Waals surface area contributed by atoms with Crippen molar-refractivity contribution in [3.8, 4) is 5.75 Å². The van der Waals surface area contributed by atoms with Crippen LogP contribution < -0.4 is 0 Å². The molecule has 0 aliphatic rings. The summed E-state index contributed by atoms with van der Waals surface area (Å²) in [4.78, 5) is 37.1.